The van der Waals surface area contributed by atoms with E-state index in [2.05, 4.69) is 10.2 Å². The Balaban J connectivity index is 1.68. The van der Waals surface area contributed by atoms with Crippen molar-refractivity contribution in [2.75, 3.05) is 45.3 Å². The molecule has 0 unspecified atom stereocenters. The first-order valence-corrected chi connectivity index (χ1v) is 9.20. The van der Waals surface area contributed by atoms with Gasteiger partial charge < -0.3 is 20.5 Å². The number of ether oxygens (including phenoxy) is 2. The number of para-hydroxylation sites is 1. The van der Waals surface area contributed by atoms with Gasteiger partial charge in [-0.1, -0.05) is 18.2 Å². The van der Waals surface area contributed by atoms with Gasteiger partial charge in [0.25, 0.3) is 0 Å². The standard InChI is InChI=1S/C19H30N4O2/c1-24-14-16-6-2-3-7-17(16)22-18(20)21-15-19(8-12-25-13-9-19)23-10-4-5-11-23/h2-3,6-7H,4-5,8-15H2,1H3,(H3,20,21,22). The van der Waals surface area contributed by atoms with Gasteiger partial charge in [0.05, 0.1) is 13.2 Å². The summed E-state index contributed by atoms with van der Waals surface area (Å²) in [6.07, 6.45) is 4.63. The molecule has 6 heteroatoms. The van der Waals surface area contributed by atoms with Crippen LogP contribution in [0.5, 0.6) is 0 Å². The van der Waals surface area contributed by atoms with Crippen LogP contribution in [-0.4, -0.2) is 56.4 Å². The van der Waals surface area contributed by atoms with Crippen molar-refractivity contribution in [3.8, 4) is 0 Å². The Labute approximate surface area is 150 Å². The van der Waals surface area contributed by atoms with E-state index < -0.39 is 0 Å². The maximum atomic E-state index is 6.19. The summed E-state index contributed by atoms with van der Waals surface area (Å²) in [6, 6.07) is 8.01. The van der Waals surface area contributed by atoms with E-state index in [0.717, 1.165) is 43.9 Å². The highest BCUT2D eigenvalue weighted by Crippen LogP contribution is 2.31. The van der Waals surface area contributed by atoms with Crippen LogP contribution in [0.2, 0.25) is 0 Å². The van der Waals surface area contributed by atoms with E-state index in [1.807, 2.05) is 24.3 Å². The third-order valence-corrected chi connectivity index (χ3v) is 5.32. The van der Waals surface area contributed by atoms with Crippen molar-refractivity contribution in [2.24, 2.45) is 10.7 Å². The minimum Gasteiger partial charge on any atom is -0.381 e. The first-order valence-electron chi connectivity index (χ1n) is 9.20. The van der Waals surface area contributed by atoms with Gasteiger partial charge in [0.1, 0.15) is 0 Å². The topological polar surface area (TPSA) is 72.1 Å². The van der Waals surface area contributed by atoms with Gasteiger partial charge in [-0.3, -0.25) is 9.89 Å². The number of anilines is 1. The number of hydrogen-bond donors (Lipinski definition) is 2. The monoisotopic (exact) mass is 346 g/mol. The van der Waals surface area contributed by atoms with Crippen LogP contribution >= 0.6 is 0 Å². The molecule has 1 aromatic rings. The van der Waals surface area contributed by atoms with Crippen LogP contribution in [0, 0.1) is 0 Å². The van der Waals surface area contributed by atoms with Crippen LogP contribution in [-0.2, 0) is 16.1 Å². The first-order chi connectivity index (χ1) is 12.2. The van der Waals surface area contributed by atoms with Gasteiger partial charge >= 0.3 is 0 Å². The number of likely N-dealkylation sites (tertiary alicyclic amines) is 1. The molecule has 0 aromatic heterocycles. The second-order valence-electron chi connectivity index (χ2n) is 6.95. The summed E-state index contributed by atoms with van der Waals surface area (Å²) in [5.41, 5.74) is 8.32. The third kappa shape index (κ3) is 4.51. The molecule has 2 saturated heterocycles. The lowest BCUT2D eigenvalue weighted by molar-refractivity contribution is -0.0138. The predicted molar refractivity (Wildman–Crippen MR) is 101 cm³/mol. The van der Waals surface area contributed by atoms with Crippen molar-refractivity contribution in [1.82, 2.24) is 4.90 Å². The normalized spacial score (nSPS) is 21.4. The molecule has 6 nitrogen and oxygen atoms in total. The fourth-order valence-electron chi connectivity index (χ4n) is 3.85. The summed E-state index contributed by atoms with van der Waals surface area (Å²) in [4.78, 5) is 7.31. The van der Waals surface area contributed by atoms with Crippen molar-refractivity contribution in [3.05, 3.63) is 29.8 Å². The average molecular weight is 346 g/mol. The van der Waals surface area contributed by atoms with Gasteiger partial charge in [0.15, 0.2) is 5.96 Å². The van der Waals surface area contributed by atoms with E-state index >= 15 is 0 Å². The van der Waals surface area contributed by atoms with Crippen LogP contribution in [0.25, 0.3) is 0 Å². The Morgan fingerprint density at radius 2 is 2.00 bits per heavy atom. The molecule has 0 atom stereocenters. The molecule has 2 fully saturated rings. The maximum absolute atomic E-state index is 6.19. The van der Waals surface area contributed by atoms with Gasteiger partial charge in [0, 0.05) is 37.1 Å². The molecule has 2 heterocycles. The fourth-order valence-corrected chi connectivity index (χ4v) is 3.85. The molecule has 0 spiro atoms. The average Bonchev–Trinajstić information content (AvgIpc) is 3.18. The predicted octanol–water partition coefficient (Wildman–Crippen LogP) is 2.20. The number of nitrogens with zero attached hydrogens (tertiary/aromatic N) is 2. The second-order valence-corrected chi connectivity index (χ2v) is 6.95. The molecular weight excluding hydrogens is 316 g/mol. The number of benzene rings is 1. The molecule has 0 radical (unpaired) electrons. The van der Waals surface area contributed by atoms with Crippen LogP contribution in [0.3, 0.4) is 0 Å². The second kappa shape index (κ2) is 8.65. The van der Waals surface area contributed by atoms with Crippen LogP contribution < -0.4 is 11.1 Å². The van der Waals surface area contributed by atoms with Crippen LogP contribution in [0.1, 0.15) is 31.2 Å². The lowest BCUT2D eigenvalue weighted by Crippen LogP contribution is -2.53. The molecule has 3 N–H and O–H groups in total. The van der Waals surface area contributed by atoms with Crippen molar-refractivity contribution in [1.29, 1.82) is 0 Å². The summed E-state index contributed by atoms with van der Waals surface area (Å²) >= 11 is 0. The molecule has 2 aliphatic rings. The minimum atomic E-state index is 0.104. The highest BCUT2D eigenvalue weighted by atomic mass is 16.5. The molecule has 0 amide bonds. The number of nitrogens with two attached hydrogens (primary N) is 1. The highest BCUT2D eigenvalue weighted by molar-refractivity contribution is 5.93. The molecule has 2 aliphatic heterocycles. The molecular formula is C19H30N4O2. The lowest BCUT2D eigenvalue weighted by atomic mass is 9.88. The summed E-state index contributed by atoms with van der Waals surface area (Å²) in [5.74, 6) is 0.466. The van der Waals surface area contributed by atoms with Gasteiger partial charge in [-0.25, -0.2) is 0 Å². The van der Waals surface area contributed by atoms with Crippen molar-refractivity contribution in [2.45, 2.75) is 37.8 Å². The van der Waals surface area contributed by atoms with Crippen LogP contribution in [0.15, 0.2) is 29.3 Å². The van der Waals surface area contributed by atoms with Gasteiger partial charge in [0.2, 0.25) is 0 Å². The van der Waals surface area contributed by atoms with Crippen LogP contribution in [0.4, 0.5) is 5.69 Å². The fraction of sp³-hybridized carbons (Fsp3) is 0.632. The number of aliphatic imine (C=N–C) groups is 1. The SMILES string of the molecule is COCc1ccccc1NC(N)=NCC1(N2CCCC2)CCOCC1. The Kier molecular flexibility index (Phi) is 6.29. The number of methoxy groups -OCH3 is 1. The summed E-state index contributed by atoms with van der Waals surface area (Å²) < 4.78 is 10.8. The summed E-state index contributed by atoms with van der Waals surface area (Å²) in [7, 11) is 1.69. The van der Waals surface area contributed by atoms with Crippen molar-refractivity contribution in [3.63, 3.8) is 0 Å². The molecule has 3 rings (SSSR count). The molecule has 138 valence electrons. The molecule has 0 bridgehead atoms. The van der Waals surface area contributed by atoms with E-state index in [4.69, 9.17) is 20.2 Å². The van der Waals surface area contributed by atoms with Gasteiger partial charge in [-0.05, 0) is 44.8 Å². The summed E-state index contributed by atoms with van der Waals surface area (Å²) in [5, 5.41) is 3.24. The quantitative estimate of drug-likeness (QED) is 0.610. The molecule has 1 aromatic carbocycles. The zero-order valence-electron chi connectivity index (χ0n) is 15.2. The van der Waals surface area contributed by atoms with E-state index in [-0.39, 0.29) is 5.54 Å². The molecule has 0 saturated carbocycles. The van der Waals surface area contributed by atoms with E-state index in [9.17, 15) is 0 Å². The lowest BCUT2D eigenvalue weighted by Gasteiger charge is -2.43. The smallest absolute Gasteiger partial charge is 0.193 e. The first kappa shape index (κ1) is 18.2. The Morgan fingerprint density at radius 1 is 1.28 bits per heavy atom. The number of guanidine groups is 1. The number of nitrogens with one attached hydrogen (secondary N) is 1. The maximum Gasteiger partial charge on any atom is 0.193 e. The Morgan fingerprint density at radius 3 is 2.72 bits per heavy atom. The summed E-state index contributed by atoms with van der Waals surface area (Å²) in [6.45, 7) is 5.23. The Hall–Kier alpha value is -1.63. The molecule has 0 aliphatic carbocycles. The zero-order valence-corrected chi connectivity index (χ0v) is 15.2. The Bertz CT molecular complexity index is 579. The highest BCUT2D eigenvalue weighted by Gasteiger charge is 2.39. The van der Waals surface area contributed by atoms with E-state index in [1.165, 1.54) is 25.9 Å². The van der Waals surface area contributed by atoms with E-state index in [1.54, 1.807) is 7.11 Å². The number of hydrogen-bond acceptors (Lipinski definition) is 4. The number of rotatable bonds is 6. The zero-order chi connectivity index (χ0) is 17.5. The third-order valence-electron chi connectivity index (χ3n) is 5.32. The molecule has 25 heavy (non-hydrogen) atoms. The largest absolute Gasteiger partial charge is 0.381 e. The minimum absolute atomic E-state index is 0.104. The van der Waals surface area contributed by atoms with Gasteiger partial charge in [-0.15, -0.1) is 0 Å². The van der Waals surface area contributed by atoms with E-state index in [0.29, 0.717) is 12.6 Å². The van der Waals surface area contributed by atoms with Gasteiger partial charge in [-0.2, -0.15) is 0 Å². The van der Waals surface area contributed by atoms with Crippen molar-refractivity contribution < 1.29 is 9.47 Å². The van der Waals surface area contributed by atoms with Crippen molar-refractivity contribution >= 4 is 11.6 Å².